The van der Waals surface area contributed by atoms with Gasteiger partial charge in [0.15, 0.2) is 0 Å². The van der Waals surface area contributed by atoms with Gasteiger partial charge >= 0.3 is 5.97 Å². The van der Waals surface area contributed by atoms with Crippen molar-refractivity contribution in [3.8, 4) is 0 Å². The van der Waals surface area contributed by atoms with Crippen LogP contribution in [-0.2, 0) is 4.79 Å². The summed E-state index contributed by atoms with van der Waals surface area (Å²) in [6.45, 7) is 6.32. The summed E-state index contributed by atoms with van der Waals surface area (Å²) in [5, 5.41) is 12.7. The van der Waals surface area contributed by atoms with E-state index in [0.717, 1.165) is 32.4 Å². The summed E-state index contributed by atoms with van der Waals surface area (Å²) >= 11 is 0. The number of carboxylic acids is 1. The first-order chi connectivity index (χ1) is 7.53. The lowest BCUT2D eigenvalue weighted by Crippen LogP contribution is -2.62. The highest BCUT2D eigenvalue weighted by Crippen LogP contribution is 2.33. The van der Waals surface area contributed by atoms with Crippen LogP contribution in [0.2, 0.25) is 0 Å². The predicted octanol–water partition coefficient (Wildman–Crippen LogP) is 1.27. The SMILES string of the molecule is CC1CCNC(C)(N2CCC[C@H]2C(=O)O)C1. The molecule has 0 aliphatic carbocycles. The van der Waals surface area contributed by atoms with Crippen molar-refractivity contribution >= 4 is 5.97 Å². The summed E-state index contributed by atoms with van der Waals surface area (Å²) in [5.41, 5.74) is -0.114. The van der Waals surface area contributed by atoms with Gasteiger partial charge in [0.2, 0.25) is 0 Å². The highest BCUT2D eigenvalue weighted by molar-refractivity contribution is 5.74. The number of rotatable bonds is 2. The van der Waals surface area contributed by atoms with E-state index in [4.69, 9.17) is 0 Å². The molecule has 4 nitrogen and oxygen atoms in total. The van der Waals surface area contributed by atoms with Gasteiger partial charge in [0.05, 0.1) is 5.66 Å². The van der Waals surface area contributed by atoms with Crippen LogP contribution in [-0.4, -0.2) is 40.8 Å². The molecule has 2 heterocycles. The summed E-state index contributed by atoms with van der Waals surface area (Å²) in [6.07, 6.45) is 4.04. The summed E-state index contributed by atoms with van der Waals surface area (Å²) < 4.78 is 0. The number of piperidine rings is 1. The topological polar surface area (TPSA) is 52.6 Å². The molecule has 2 fully saturated rings. The van der Waals surface area contributed by atoms with E-state index in [1.165, 1.54) is 6.42 Å². The van der Waals surface area contributed by atoms with Crippen LogP contribution in [0.4, 0.5) is 0 Å². The van der Waals surface area contributed by atoms with Crippen molar-refractivity contribution in [1.29, 1.82) is 0 Å². The van der Waals surface area contributed by atoms with Crippen molar-refractivity contribution in [3.63, 3.8) is 0 Å². The molecule has 0 aromatic rings. The molecule has 2 saturated heterocycles. The van der Waals surface area contributed by atoms with E-state index < -0.39 is 5.97 Å². The zero-order valence-electron chi connectivity index (χ0n) is 10.2. The molecule has 16 heavy (non-hydrogen) atoms. The van der Waals surface area contributed by atoms with Crippen molar-refractivity contribution < 1.29 is 9.90 Å². The van der Waals surface area contributed by atoms with Crippen molar-refractivity contribution in [2.45, 2.75) is 51.2 Å². The summed E-state index contributed by atoms with van der Waals surface area (Å²) in [5.74, 6) is 0.0139. The second-order valence-electron chi connectivity index (χ2n) is 5.49. The maximum Gasteiger partial charge on any atom is 0.320 e. The highest BCUT2D eigenvalue weighted by atomic mass is 16.4. The Labute approximate surface area is 97.0 Å². The number of nitrogens with one attached hydrogen (secondary N) is 1. The van der Waals surface area contributed by atoms with Gasteiger partial charge in [-0.3, -0.25) is 15.0 Å². The Balaban J connectivity index is 2.12. The fourth-order valence-corrected chi connectivity index (χ4v) is 3.27. The van der Waals surface area contributed by atoms with Crippen LogP contribution in [0.1, 0.15) is 39.5 Å². The van der Waals surface area contributed by atoms with E-state index in [9.17, 15) is 9.90 Å². The molecule has 2 aliphatic rings. The maximum atomic E-state index is 11.2. The largest absolute Gasteiger partial charge is 0.480 e. The maximum absolute atomic E-state index is 11.2. The zero-order chi connectivity index (χ0) is 11.8. The Hall–Kier alpha value is -0.610. The van der Waals surface area contributed by atoms with Gasteiger partial charge in [-0.2, -0.15) is 0 Å². The highest BCUT2D eigenvalue weighted by Gasteiger charge is 2.43. The second-order valence-corrected chi connectivity index (χ2v) is 5.49. The molecule has 2 rings (SSSR count). The Morgan fingerprint density at radius 3 is 2.88 bits per heavy atom. The third kappa shape index (κ3) is 2.09. The van der Waals surface area contributed by atoms with Crippen LogP contribution in [0.5, 0.6) is 0 Å². The fraction of sp³-hybridized carbons (Fsp3) is 0.917. The van der Waals surface area contributed by atoms with Crippen LogP contribution in [0.25, 0.3) is 0 Å². The first kappa shape index (κ1) is 11.9. The number of hydrogen-bond acceptors (Lipinski definition) is 3. The van der Waals surface area contributed by atoms with Gasteiger partial charge in [0, 0.05) is 6.54 Å². The lowest BCUT2D eigenvalue weighted by molar-refractivity contribution is -0.145. The molecule has 0 aromatic heterocycles. The molecule has 0 bridgehead atoms. The molecule has 3 atom stereocenters. The Bertz CT molecular complexity index is 282. The van der Waals surface area contributed by atoms with E-state index in [2.05, 4.69) is 24.1 Å². The smallest absolute Gasteiger partial charge is 0.320 e. The monoisotopic (exact) mass is 226 g/mol. The minimum atomic E-state index is -0.668. The number of nitrogens with zero attached hydrogens (tertiary/aromatic N) is 1. The molecule has 0 radical (unpaired) electrons. The van der Waals surface area contributed by atoms with Gasteiger partial charge in [-0.1, -0.05) is 6.92 Å². The average Bonchev–Trinajstić information content (AvgIpc) is 2.65. The summed E-state index contributed by atoms with van der Waals surface area (Å²) in [6, 6.07) is -0.289. The first-order valence-corrected chi connectivity index (χ1v) is 6.27. The van der Waals surface area contributed by atoms with Crippen LogP contribution in [0, 0.1) is 5.92 Å². The molecule has 0 saturated carbocycles. The van der Waals surface area contributed by atoms with Gasteiger partial charge in [-0.15, -0.1) is 0 Å². The van der Waals surface area contributed by atoms with Crippen LogP contribution in [0.3, 0.4) is 0 Å². The van der Waals surface area contributed by atoms with E-state index in [-0.39, 0.29) is 11.7 Å². The first-order valence-electron chi connectivity index (χ1n) is 6.27. The third-order valence-electron chi connectivity index (χ3n) is 4.06. The summed E-state index contributed by atoms with van der Waals surface area (Å²) in [4.78, 5) is 13.4. The van der Waals surface area contributed by atoms with Crippen molar-refractivity contribution in [3.05, 3.63) is 0 Å². The van der Waals surface area contributed by atoms with Gasteiger partial charge in [-0.25, -0.2) is 0 Å². The molecule has 2 N–H and O–H groups in total. The van der Waals surface area contributed by atoms with Crippen LogP contribution >= 0.6 is 0 Å². The molecular formula is C12H22N2O2. The van der Waals surface area contributed by atoms with Crippen LogP contribution in [0.15, 0.2) is 0 Å². The molecule has 92 valence electrons. The number of carboxylic acid groups (broad SMARTS) is 1. The quantitative estimate of drug-likeness (QED) is 0.744. The molecule has 0 spiro atoms. The third-order valence-corrected chi connectivity index (χ3v) is 4.06. The molecule has 0 amide bonds. The van der Waals surface area contributed by atoms with Gasteiger partial charge in [-0.05, 0) is 45.1 Å². The van der Waals surface area contributed by atoms with Gasteiger partial charge in [0.1, 0.15) is 6.04 Å². The minimum Gasteiger partial charge on any atom is -0.480 e. The number of carbonyl (C=O) groups is 1. The second kappa shape index (κ2) is 4.34. The zero-order valence-corrected chi connectivity index (χ0v) is 10.2. The van der Waals surface area contributed by atoms with E-state index in [0.29, 0.717) is 5.92 Å². The predicted molar refractivity (Wildman–Crippen MR) is 62.2 cm³/mol. The molecule has 4 heteroatoms. The molecule has 2 unspecified atom stereocenters. The standard InChI is InChI=1S/C12H22N2O2/c1-9-5-6-13-12(2,8-9)14-7-3-4-10(14)11(15)16/h9-10,13H,3-8H2,1-2H3,(H,15,16)/t9?,10-,12?/m0/s1. The lowest BCUT2D eigenvalue weighted by atomic mass is 9.89. The fourth-order valence-electron chi connectivity index (χ4n) is 3.27. The van der Waals surface area contributed by atoms with Gasteiger partial charge < -0.3 is 5.11 Å². The molecule has 2 aliphatic heterocycles. The number of hydrogen-bond donors (Lipinski definition) is 2. The lowest BCUT2D eigenvalue weighted by Gasteiger charge is -2.46. The number of likely N-dealkylation sites (tertiary alicyclic amines) is 1. The minimum absolute atomic E-state index is 0.114. The average molecular weight is 226 g/mol. The van der Waals surface area contributed by atoms with Crippen molar-refractivity contribution in [2.24, 2.45) is 5.92 Å². The Kier molecular flexibility index (Phi) is 3.22. The molecule has 0 aromatic carbocycles. The Morgan fingerprint density at radius 1 is 1.50 bits per heavy atom. The normalized spacial score (nSPS) is 41.1. The van der Waals surface area contributed by atoms with E-state index in [1.54, 1.807) is 0 Å². The summed E-state index contributed by atoms with van der Waals surface area (Å²) in [7, 11) is 0. The van der Waals surface area contributed by atoms with Crippen LogP contribution < -0.4 is 5.32 Å². The van der Waals surface area contributed by atoms with E-state index in [1.807, 2.05) is 0 Å². The van der Waals surface area contributed by atoms with Crippen molar-refractivity contribution in [1.82, 2.24) is 10.2 Å². The van der Waals surface area contributed by atoms with E-state index >= 15 is 0 Å². The molecular weight excluding hydrogens is 204 g/mol. The number of aliphatic carboxylic acids is 1. The Morgan fingerprint density at radius 2 is 2.25 bits per heavy atom. The van der Waals surface area contributed by atoms with Crippen molar-refractivity contribution in [2.75, 3.05) is 13.1 Å². The van der Waals surface area contributed by atoms with Gasteiger partial charge in [0.25, 0.3) is 0 Å².